The summed E-state index contributed by atoms with van der Waals surface area (Å²) in [5.41, 5.74) is 0.883. The number of carbonyl (C=O) groups excluding carboxylic acids is 2. The topological polar surface area (TPSA) is 78.0 Å². The van der Waals surface area contributed by atoms with Gasteiger partial charge >= 0.3 is 0 Å². The molecule has 2 fully saturated rings. The Morgan fingerprint density at radius 2 is 1.65 bits per heavy atom. The van der Waals surface area contributed by atoms with Crippen molar-refractivity contribution < 1.29 is 18.0 Å². The van der Waals surface area contributed by atoms with Crippen LogP contribution in [0, 0.1) is 5.41 Å². The molecule has 7 nitrogen and oxygen atoms in total. The largest absolute Gasteiger partial charge is 0.336 e. The molecule has 0 saturated carbocycles. The van der Waals surface area contributed by atoms with Crippen LogP contribution < -0.4 is 4.31 Å². The number of amides is 2. The highest BCUT2D eigenvalue weighted by molar-refractivity contribution is 7.94. The molecule has 2 aliphatic rings. The van der Waals surface area contributed by atoms with Crippen molar-refractivity contribution in [3.05, 3.63) is 65.7 Å². The molecule has 0 unspecified atom stereocenters. The molecule has 2 amide bonds. The molecule has 2 aliphatic heterocycles. The summed E-state index contributed by atoms with van der Waals surface area (Å²) in [5, 5.41) is 0. The lowest BCUT2D eigenvalue weighted by molar-refractivity contribution is -0.123. The number of nitrogens with zero attached hydrogens (tertiary/aromatic N) is 3. The van der Waals surface area contributed by atoms with Gasteiger partial charge in [0.15, 0.2) is 0 Å². The van der Waals surface area contributed by atoms with Gasteiger partial charge in [-0.2, -0.15) is 0 Å². The molecule has 2 aromatic carbocycles. The predicted molar refractivity (Wildman–Crippen MR) is 119 cm³/mol. The number of hydrogen-bond donors (Lipinski definition) is 0. The van der Waals surface area contributed by atoms with Gasteiger partial charge in [-0.1, -0.05) is 36.4 Å². The van der Waals surface area contributed by atoms with Gasteiger partial charge in [0.2, 0.25) is 15.9 Å². The van der Waals surface area contributed by atoms with Gasteiger partial charge in [0.1, 0.15) is 0 Å². The van der Waals surface area contributed by atoms with E-state index in [1.807, 2.05) is 18.2 Å². The number of benzene rings is 2. The lowest BCUT2D eigenvalue weighted by Gasteiger charge is -2.35. The Morgan fingerprint density at radius 3 is 2.26 bits per heavy atom. The van der Waals surface area contributed by atoms with E-state index in [0.29, 0.717) is 18.7 Å². The van der Waals surface area contributed by atoms with Crippen LogP contribution in [0.15, 0.2) is 54.6 Å². The third kappa shape index (κ3) is 4.36. The zero-order chi connectivity index (χ0) is 22.2. The standard InChI is InChI=1S/C23H27N3O4S/c1-23(2)17-31(29,30)26(22(23)28)20-10-6-9-19(15-20)21(27)25-13-11-24(12-14-25)16-18-7-4-3-5-8-18/h3-10,15H,11-14,16-17H2,1-2H3. The number of carbonyl (C=O) groups is 2. The summed E-state index contributed by atoms with van der Waals surface area (Å²) >= 11 is 0. The Hall–Kier alpha value is -2.71. The Kier molecular flexibility index (Phi) is 5.61. The Balaban J connectivity index is 1.45. The predicted octanol–water partition coefficient (Wildman–Crippen LogP) is 2.35. The number of piperazine rings is 1. The van der Waals surface area contributed by atoms with Gasteiger partial charge < -0.3 is 4.90 Å². The quantitative estimate of drug-likeness (QED) is 0.728. The van der Waals surface area contributed by atoms with E-state index in [2.05, 4.69) is 17.0 Å². The Labute approximate surface area is 183 Å². The number of anilines is 1. The maximum Gasteiger partial charge on any atom is 0.254 e. The van der Waals surface area contributed by atoms with E-state index >= 15 is 0 Å². The molecule has 2 heterocycles. The fourth-order valence-corrected chi connectivity index (χ4v) is 6.26. The average molecular weight is 442 g/mol. The molecule has 0 N–H and O–H groups in total. The van der Waals surface area contributed by atoms with Gasteiger partial charge in [0.05, 0.1) is 16.9 Å². The molecule has 2 aromatic rings. The van der Waals surface area contributed by atoms with Crippen LogP contribution in [-0.4, -0.2) is 62.0 Å². The number of sulfonamides is 1. The molecule has 4 rings (SSSR count). The highest BCUT2D eigenvalue weighted by Crippen LogP contribution is 2.36. The molecular weight excluding hydrogens is 414 g/mol. The molecular formula is C23H27N3O4S. The van der Waals surface area contributed by atoms with Gasteiger partial charge in [0.25, 0.3) is 5.91 Å². The van der Waals surface area contributed by atoms with E-state index in [1.54, 1.807) is 36.9 Å². The van der Waals surface area contributed by atoms with E-state index < -0.39 is 21.3 Å². The van der Waals surface area contributed by atoms with E-state index in [1.165, 1.54) is 11.6 Å². The van der Waals surface area contributed by atoms with E-state index in [4.69, 9.17) is 0 Å². The highest BCUT2D eigenvalue weighted by atomic mass is 32.2. The van der Waals surface area contributed by atoms with Crippen molar-refractivity contribution in [2.24, 2.45) is 5.41 Å². The zero-order valence-corrected chi connectivity index (χ0v) is 18.6. The van der Waals surface area contributed by atoms with Crippen molar-refractivity contribution in [3.63, 3.8) is 0 Å². The van der Waals surface area contributed by atoms with Crippen LogP contribution in [0.3, 0.4) is 0 Å². The fraction of sp³-hybridized carbons (Fsp3) is 0.391. The van der Waals surface area contributed by atoms with Crippen LogP contribution in [-0.2, 0) is 21.4 Å². The molecule has 31 heavy (non-hydrogen) atoms. The Morgan fingerprint density at radius 1 is 0.968 bits per heavy atom. The fourth-order valence-electron chi connectivity index (χ4n) is 4.16. The minimum atomic E-state index is -3.75. The minimum Gasteiger partial charge on any atom is -0.336 e. The summed E-state index contributed by atoms with van der Waals surface area (Å²) in [7, 11) is -3.75. The summed E-state index contributed by atoms with van der Waals surface area (Å²) in [6, 6.07) is 16.6. The molecule has 0 radical (unpaired) electrons. The second kappa shape index (κ2) is 8.09. The van der Waals surface area contributed by atoms with Crippen molar-refractivity contribution in [1.29, 1.82) is 0 Å². The summed E-state index contributed by atoms with van der Waals surface area (Å²) in [6.45, 7) is 6.84. The van der Waals surface area contributed by atoms with Crippen LogP contribution in [0.4, 0.5) is 5.69 Å². The van der Waals surface area contributed by atoms with Crippen molar-refractivity contribution in [1.82, 2.24) is 9.80 Å². The van der Waals surface area contributed by atoms with Crippen LogP contribution in [0.5, 0.6) is 0 Å². The smallest absolute Gasteiger partial charge is 0.254 e. The van der Waals surface area contributed by atoms with E-state index in [-0.39, 0.29) is 17.3 Å². The number of hydrogen-bond acceptors (Lipinski definition) is 5. The van der Waals surface area contributed by atoms with Crippen molar-refractivity contribution in [2.75, 3.05) is 36.2 Å². The molecule has 0 bridgehead atoms. The molecule has 0 aliphatic carbocycles. The minimum absolute atomic E-state index is 0.149. The third-order valence-corrected chi connectivity index (χ3v) is 7.84. The normalized spacial score (nSPS) is 20.8. The van der Waals surface area contributed by atoms with Crippen LogP contribution in [0.2, 0.25) is 0 Å². The first kappa shape index (κ1) is 21.5. The van der Waals surface area contributed by atoms with Gasteiger partial charge in [0, 0.05) is 38.3 Å². The Bertz CT molecular complexity index is 1090. The van der Waals surface area contributed by atoms with Crippen LogP contribution >= 0.6 is 0 Å². The first-order valence-corrected chi connectivity index (χ1v) is 12.0. The molecule has 164 valence electrons. The van der Waals surface area contributed by atoms with Gasteiger partial charge in [-0.15, -0.1) is 0 Å². The summed E-state index contributed by atoms with van der Waals surface area (Å²) in [6.07, 6.45) is 0. The highest BCUT2D eigenvalue weighted by Gasteiger charge is 2.50. The lowest BCUT2D eigenvalue weighted by Crippen LogP contribution is -2.48. The van der Waals surface area contributed by atoms with Crippen LogP contribution in [0.1, 0.15) is 29.8 Å². The maximum atomic E-state index is 13.1. The van der Waals surface area contributed by atoms with Gasteiger partial charge in [-0.3, -0.25) is 14.5 Å². The van der Waals surface area contributed by atoms with Crippen molar-refractivity contribution in [2.45, 2.75) is 20.4 Å². The van der Waals surface area contributed by atoms with Crippen LogP contribution in [0.25, 0.3) is 0 Å². The third-order valence-electron chi connectivity index (χ3n) is 5.82. The van der Waals surface area contributed by atoms with E-state index in [0.717, 1.165) is 23.9 Å². The molecule has 0 aromatic heterocycles. The summed E-state index contributed by atoms with van der Waals surface area (Å²) in [5.74, 6) is -0.850. The first-order chi connectivity index (χ1) is 14.7. The van der Waals surface area contributed by atoms with Gasteiger partial charge in [-0.05, 0) is 37.6 Å². The van der Waals surface area contributed by atoms with Crippen molar-refractivity contribution >= 4 is 27.5 Å². The van der Waals surface area contributed by atoms with Crippen molar-refractivity contribution in [3.8, 4) is 0 Å². The molecule has 8 heteroatoms. The molecule has 0 atom stereocenters. The second-order valence-electron chi connectivity index (χ2n) is 8.81. The van der Waals surface area contributed by atoms with Gasteiger partial charge in [-0.25, -0.2) is 12.7 Å². The average Bonchev–Trinajstić information content (AvgIpc) is 2.91. The molecule has 2 saturated heterocycles. The monoisotopic (exact) mass is 441 g/mol. The lowest BCUT2D eigenvalue weighted by atomic mass is 9.95. The van der Waals surface area contributed by atoms with E-state index in [9.17, 15) is 18.0 Å². The maximum absolute atomic E-state index is 13.1. The summed E-state index contributed by atoms with van der Waals surface area (Å²) in [4.78, 5) is 29.8. The second-order valence-corrected chi connectivity index (χ2v) is 10.6. The zero-order valence-electron chi connectivity index (χ0n) is 17.8. The first-order valence-electron chi connectivity index (χ1n) is 10.4. The molecule has 0 spiro atoms. The number of rotatable bonds is 4. The SMILES string of the molecule is CC1(C)CS(=O)(=O)N(c2cccc(C(=O)N3CCN(Cc4ccccc4)CC3)c2)C1=O. The summed E-state index contributed by atoms with van der Waals surface area (Å²) < 4.78 is 26.0.